The molecule has 0 aliphatic heterocycles. The summed E-state index contributed by atoms with van der Waals surface area (Å²) in [4.78, 5) is 4.59. The number of anilines is 1. The first-order valence-electron chi connectivity index (χ1n) is 6.67. The molecule has 0 spiro atoms. The SMILES string of the molecule is CCOc1ccc(-c2csc(N[C@@H](C)COC)n2)cc1. The Balaban J connectivity index is 2.04. The van der Waals surface area contributed by atoms with Crippen LogP contribution in [-0.2, 0) is 4.74 Å². The lowest BCUT2D eigenvalue weighted by atomic mass is 10.2. The Bertz CT molecular complexity index is 525. The minimum atomic E-state index is 0.249. The number of nitrogens with one attached hydrogen (secondary N) is 1. The standard InChI is InChI=1S/C15H20N2O2S/c1-4-19-13-7-5-12(6-8-13)14-10-20-15(17-14)16-11(2)9-18-3/h5-8,10-11H,4,9H2,1-3H3,(H,16,17)/t11-/m0/s1. The van der Waals surface area contributed by atoms with Crippen LogP contribution in [0, 0.1) is 0 Å². The third-order valence-electron chi connectivity index (χ3n) is 2.75. The summed E-state index contributed by atoms with van der Waals surface area (Å²) in [7, 11) is 1.70. The molecule has 20 heavy (non-hydrogen) atoms. The second-order valence-corrected chi connectivity index (χ2v) is 5.35. The summed E-state index contributed by atoms with van der Waals surface area (Å²) in [6, 6.07) is 8.25. The number of ether oxygens (including phenoxy) is 2. The highest BCUT2D eigenvalue weighted by Crippen LogP contribution is 2.26. The Morgan fingerprint density at radius 1 is 1.30 bits per heavy atom. The molecule has 0 bridgehead atoms. The lowest BCUT2D eigenvalue weighted by Gasteiger charge is -2.10. The normalized spacial score (nSPS) is 12.2. The quantitative estimate of drug-likeness (QED) is 0.846. The van der Waals surface area contributed by atoms with Gasteiger partial charge in [0.15, 0.2) is 5.13 Å². The number of aromatic nitrogens is 1. The van der Waals surface area contributed by atoms with Crippen molar-refractivity contribution < 1.29 is 9.47 Å². The van der Waals surface area contributed by atoms with Gasteiger partial charge in [0.1, 0.15) is 5.75 Å². The fourth-order valence-corrected chi connectivity index (χ4v) is 2.70. The van der Waals surface area contributed by atoms with Gasteiger partial charge in [0.05, 0.1) is 18.9 Å². The summed E-state index contributed by atoms with van der Waals surface area (Å²) in [6.07, 6.45) is 0. The molecule has 1 atom stereocenters. The molecule has 2 aromatic rings. The topological polar surface area (TPSA) is 43.4 Å². The molecule has 1 aromatic carbocycles. The Labute approximate surface area is 123 Å². The predicted molar refractivity (Wildman–Crippen MR) is 83.7 cm³/mol. The molecule has 0 radical (unpaired) electrons. The summed E-state index contributed by atoms with van der Waals surface area (Å²) in [6.45, 7) is 5.40. The molecule has 5 heteroatoms. The highest BCUT2D eigenvalue weighted by atomic mass is 32.1. The van der Waals surface area contributed by atoms with E-state index in [-0.39, 0.29) is 6.04 Å². The van der Waals surface area contributed by atoms with E-state index in [1.165, 1.54) is 0 Å². The van der Waals surface area contributed by atoms with E-state index in [2.05, 4.69) is 22.6 Å². The van der Waals surface area contributed by atoms with Crippen molar-refractivity contribution in [3.05, 3.63) is 29.6 Å². The smallest absolute Gasteiger partial charge is 0.183 e. The van der Waals surface area contributed by atoms with E-state index in [0.29, 0.717) is 13.2 Å². The number of nitrogens with zero attached hydrogens (tertiary/aromatic N) is 1. The van der Waals surface area contributed by atoms with Crippen LogP contribution in [-0.4, -0.2) is 31.3 Å². The molecule has 108 valence electrons. The van der Waals surface area contributed by atoms with Crippen molar-refractivity contribution in [1.29, 1.82) is 0 Å². The van der Waals surface area contributed by atoms with Crippen LogP contribution >= 0.6 is 11.3 Å². The molecular weight excluding hydrogens is 272 g/mol. The van der Waals surface area contributed by atoms with Crippen molar-refractivity contribution in [2.75, 3.05) is 25.6 Å². The molecule has 0 unspecified atom stereocenters. The minimum absolute atomic E-state index is 0.249. The fraction of sp³-hybridized carbons (Fsp3) is 0.400. The summed E-state index contributed by atoms with van der Waals surface area (Å²) in [5.41, 5.74) is 2.07. The molecule has 0 saturated carbocycles. The van der Waals surface area contributed by atoms with Gasteiger partial charge in [-0.25, -0.2) is 4.98 Å². The summed E-state index contributed by atoms with van der Waals surface area (Å²) < 4.78 is 10.5. The van der Waals surface area contributed by atoms with Crippen LogP contribution in [0.4, 0.5) is 5.13 Å². The van der Waals surface area contributed by atoms with E-state index in [4.69, 9.17) is 9.47 Å². The molecule has 1 heterocycles. The first kappa shape index (κ1) is 14.8. The van der Waals surface area contributed by atoms with Gasteiger partial charge in [0.25, 0.3) is 0 Å². The molecule has 1 aromatic heterocycles. The van der Waals surface area contributed by atoms with Crippen LogP contribution in [0.2, 0.25) is 0 Å². The van der Waals surface area contributed by atoms with Crippen molar-refractivity contribution in [3.8, 4) is 17.0 Å². The fourth-order valence-electron chi connectivity index (χ4n) is 1.86. The van der Waals surface area contributed by atoms with Crippen LogP contribution in [0.15, 0.2) is 29.6 Å². The van der Waals surface area contributed by atoms with E-state index in [0.717, 1.165) is 22.1 Å². The van der Waals surface area contributed by atoms with E-state index < -0.39 is 0 Å². The van der Waals surface area contributed by atoms with Crippen molar-refractivity contribution in [2.24, 2.45) is 0 Å². The molecule has 0 fully saturated rings. The highest BCUT2D eigenvalue weighted by Gasteiger charge is 2.07. The lowest BCUT2D eigenvalue weighted by molar-refractivity contribution is 0.190. The first-order valence-corrected chi connectivity index (χ1v) is 7.55. The van der Waals surface area contributed by atoms with Crippen LogP contribution < -0.4 is 10.1 Å². The predicted octanol–water partition coefficient (Wildman–Crippen LogP) is 3.66. The van der Waals surface area contributed by atoms with Crippen molar-refractivity contribution >= 4 is 16.5 Å². The zero-order chi connectivity index (χ0) is 14.4. The van der Waals surface area contributed by atoms with Gasteiger partial charge in [-0.05, 0) is 38.1 Å². The van der Waals surface area contributed by atoms with Crippen LogP contribution in [0.5, 0.6) is 5.75 Å². The Morgan fingerprint density at radius 2 is 2.05 bits per heavy atom. The number of benzene rings is 1. The molecule has 1 N–H and O–H groups in total. The van der Waals surface area contributed by atoms with E-state index in [1.54, 1.807) is 18.4 Å². The number of thiazole rings is 1. The van der Waals surface area contributed by atoms with Gasteiger partial charge < -0.3 is 14.8 Å². The van der Waals surface area contributed by atoms with Gasteiger partial charge in [0, 0.05) is 24.1 Å². The number of hydrogen-bond acceptors (Lipinski definition) is 5. The zero-order valence-electron chi connectivity index (χ0n) is 12.1. The van der Waals surface area contributed by atoms with Gasteiger partial charge in [-0.2, -0.15) is 0 Å². The summed E-state index contributed by atoms with van der Waals surface area (Å²) in [5, 5.41) is 6.29. The lowest BCUT2D eigenvalue weighted by Crippen LogP contribution is -2.20. The van der Waals surface area contributed by atoms with Gasteiger partial charge in [-0.3, -0.25) is 0 Å². The van der Waals surface area contributed by atoms with Gasteiger partial charge >= 0.3 is 0 Å². The minimum Gasteiger partial charge on any atom is -0.494 e. The molecule has 2 rings (SSSR count). The maximum Gasteiger partial charge on any atom is 0.183 e. The summed E-state index contributed by atoms with van der Waals surface area (Å²) in [5.74, 6) is 0.888. The van der Waals surface area contributed by atoms with Crippen molar-refractivity contribution in [3.63, 3.8) is 0 Å². The highest BCUT2D eigenvalue weighted by molar-refractivity contribution is 7.14. The van der Waals surface area contributed by atoms with Crippen molar-refractivity contribution in [2.45, 2.75) is 19.9 Å². The molecule has 4 nitrogen and oxygen atoms in total. The monoisotopic (exact) mass is 292 g/mol. The zero-order valence-corrected chi connectivity index (χ0v) is 12.9. The van der Waals surface area contributed by atoms with Gasteiger partial charge in [-0.15, -0.1) is 11.3 Å². The number of methoxy groups -OCH3 is 1. The Morgan fingerprint density at radius 3 is 2.70 bits per heavy atom. The van der Waals surface area contributed by atoms with Crippen LogP contribution in [0.25, 0.3) is 11.3 Å². The number of rotatable bonds is 7. The first-order chi connectivity index (χ1) is 9.72. The van der Waals surface area contributed by atoms with E-state index in [9.17, 15) is 0 Å². The van der Waals surface area contributed by atoms with Gasteiger partial charge in [-0.1, -0.05) is 0 Å². The molecular formula is C15H20N2O2S. The molecule has 0 saturated heterocycles. The third-order valence-corrected chi connectivity index (χ3v) is 3.53. The average Bonchev–Trinajstić information content (AvgIpc) is 2.88. The maximum absolute atomic E-state index is 5.44. The van der Waals surface area contributed by atoms with Crippen molar-refractivity contribution in [1.82, 2.24) is 4.98 Å². The third kappa shape index (κ3) is 3.95. The second kappa shape index (κ2) is 7.26. The second-order valence-electron chi connectivity index (χ2n) is 4.50. The summed E-state index contributed by atoms with van der Waals surface area (Å²) >= 11 is 1.60. The number of hydrogen-bond donors (Lipinski definition) is 1. The van der Waals surface area contributed by atoms with Crippen LogP contribution in [0.3, 0.4) is 0 Å². The molecule has 0 amide bonds. The Kier molecular flexibility index (Phi) is 5.38. The Hall–Kier alpha value is -1.59. The molecule has 0 aliphatic carbocycles. The largest absolute Gasteiger partial charge is 0.494 e. The van der Waals surface area contributed by atoms with Gasteiger partial charge in [0.2, 0.25) is 0 Å². The maximum atomic E-state index is 5.44. The van der Waals surface area contributed by atoms with E-state index in [1.807, 2.05) is 31.2 Å². The van der Waals surface area contributed by atoms with Crippen LogP contribution in [0.1, 0.15) is 13.8 Å². The molecule has 0 aliphatic rings. The average molecular weight is 292 g/mol. The van der Waals surface area contributed by atoms with E-state index >= 15 is 0 Å².